The average Bonchev–Trinajstić information content (AvgIpc) is 3.14. The molecule has 0 radical (unpaired) electrons. The SMILES string of the molecule is O=C(CSc1nc2ccccc2n1CCc1ccccc1)NCc1ccccc1F. The van der Waals surface area contributed by atoms with Crippen molar-refractivity contribution in [2.24, 2.45) is 0 Å². The molecule has 0 aliphatic carbocycles. The van der Waals surface area contributed by atoms with Crippen LogP contribution in [0.15, 0.2) is 84.0 Å². The number of benzene rings is 3. The quantitative estimate of drug-likeness (QED) is 0.416. The second-order valence-corrected chi connectivity index (χ2v) is 7.87. The number of hydrogen-bond acceptors (Lipinski definition) is 3. The first-order chi connectivity index (χ1) is 14.7. The van der Waals surface area contributed by atoms with Gasteiger partial charge in [-0.05, 0) is 30.2 Å². The summed E-state index contributed by atoms with van der Waals surface area (Å²) in [6.45, 7) is 0.959. The van der Waals surface area contributed by atoms with Crippen LogP contribution in [0.1, 0.15) is 11.1 Å². The highest BCUT2D eigenvalue weighted by atomic mass is 32.2. The normalized spacial score (nSPS) is 11.0. The summed E-state index contributed by atoms with van der Waals surface area (Å²) in [6.07, 6.45) is 0.883. The molecule has 4 rings (SSSR count). The van der Waals surface area contributed by atoms with Crippen molar-refractivity contribution in [1.29, 1.82) is 0 Å². The molecular weight excluding hydrogens is 397 g/mol. The molecule has 1 aromatic heterocycles. The number of nitrogens with zero attached hydrogens (tertiary/aromatic N) is 2. The van der Waals surface area contributed by atoms with Gasteiger partial charge in [0.15, 0.2) is 5.16 Å². The molecule has 0 aliphatic heterocycles. The van der Waals surface area contributed by atoms with E-state index in [1.54, 1.807) is 18.2 Å². The van der Waals surface area contributed by atoms with Gasteiger partial charge in [-0.25, -0.2) is 9.37 Å². The van der Waals surface area contributed by atoms with Gasteiger partial charge >= 0.3 is 0 Å². The Hall–Kier alpha value is -3.12. The van der Waals surface area contributed by atoms with Crippen LogP contribution in [0.2, 0.25) is 0 Å². The van der Waals surface area contributed by atoms with Crippen molar-refractivity contribution in [3.8, 4) is 0 Å². The standard InChI is InChI=1S/C24H22FN3OS/c25-20-11-5-4-10-19(20)16-26-23(29)17-30-24-27-21-12-6-7-13-22(21)28(24)15-14-18-8-2-1-3-9-18/h1-13H,14-17H2,(H,26,29). The molecule has 0 atom stereocenters. The van der Waals surface area contributed by atoms with Crippen molar-refractivity contribution >= 4 is 28.7 Å². The average molecular weight is 420 g/mol. The molecule has 4 nitrogen and oxygen atoms in total. The highest BCUT2D eigenvalue weighted by Crippen LogP contribution is 2.24. The van der Waals surface area contributed by atoms with Crippen molar-refractivity contribution in [2.75, 3.05) is 5.75 Å². The minimum absolute atomic E-state index is 0.148. The van der Waals surface area contributed by atoms with Gasteiger partial charge in [-0.3, -0.25) is 4.79 Å². The van der Waals surface area contributed by atoms with E-state index in [0.717, 1.165) is 29.2 Å². The Balaban J connectivity index is 1.42. The summed E-state index contributed by atoms with van der Waals surface area (Å²) in [5, 5.41) is 3.60. The summed E-state index contributed by atoms with van der Waals surface area (Å²) in [5.74, 6) is -0.235. The predicted molar refractivity (Wildman–Crippen MR) is 119 cm³/mol. The second kappa shape index (κ2) is 9.59. The Labute approximate surface area is 179 Å². The topological polar surface area (TPSA) is 46.9 Å². The number of aromatic nitrogens is 2. The van der Waals surface area contributed by atoms with Crippen LogP contribution in [-0.2, 0) is 24.3 Å². The molecular formula is C24H22FN3OS. The first-order valence-electron chi connectivity index (χ1n) is 9.83. The smallest absolute Gasteiger partial charge is 0.230 e. The number of carbonyl (C=O) groups is 1. The van der Waals surface area contributed by atoms with Gasteiger partial charge < -0.3 is 9.88 Å². The molecule has 0 bridgehead atoms. The van der Waals surface area contributed by atoms with Gasteiger partial charge in [0.1, 0.15) is 5.82 Å². The predicted octanol–water partition coefficient (Wildman–Crippen LogP) is 4.83. The van der Waals surface area contributed by atoms with Crippen LogP contribution < -0.4 is 5.32 Å². The van der Waals surface area contributed by atoms with Gasteiger partial charge in [0.2, 0.25) is 5.91 Å². The molecule has 6 heteroatoms. The van der Waals surface area contributed by atoms with E-state index >= 15 is 0 Å². The van der Waals surface area contributed by atoms with Gasteiger partial charge in [-0.2, -0.15) is 0 Å². The number of imidazole rings is 1. The molecule has 0 saturated heterocycles. The Morgan fingerprint density at radius 3 is 2.53 bits per heavy atom. The van der Waals surface area contributed by atoms with E-state index in [4.69, 9.17) is 4.98 Å². The maximum absolute atomic E-state index is 13.7. The van der Waals surface area contributed by atoms with Crippen LogP contribution in [0.3, 0.4) is 0 Å². The summed E-state index contributed by atoms with van der Waals surface area (Å²) in [4.78, 5) is 17.0. The number of thioether (sulfide) groups is 1. The number of carbonyl (C=O) groups excluding carboxylic acids is 1. The number of hydrogen-bond donors (Lipinski definition) is 1. The minimum Gasteiger partial charge on any atom is -0.351 e. The maximum atomic E-state index is 13.7. The summed E-state index contributed by atoms with van der Waals surface area (Å²) in [5.41, 5.74) is 3.71. The first-order valence-corrected chi connectivity index (χ1v) is 10.8. The third-order valence-corrected chi connectivity index (χ3v) is 5.83. The Kier molecular flexibility index (Phi) is 6.44. The molecule has 1 amide bonds. The van der Waals surface area contributed by atoms with Crippen molar-refractivity contribution in [3.63, 3.8) is 0 Å². The lowest BCUT2D eigenvalue weighted by Crippen LogP contribution is -2.25. The summed E-state index contributed by atoms with van der Waals surface area (Å²) in [6, 6.07) is 24.8. The number of halogens is 1. The minimum atomic E-state index is -0.312. The van der Waals surface area contributed by atoms with Crippen LogP contribution in [0, 0.1) is 5.82 Å². The molecule has 3 aromatic carbocycles. The maximum Gasteiger partial charge on any atom is 0.230 e. The Morgan fingerprint density at radius 2 is 1.70 bits per heavy atom. The molecule has 30 heavy (non-hydrogen) atoms. The van der Waals surface area contributed by atoms with Crippen LogP contribution in [0.5, 0.6) is 0 Å². The molecule has 1 N–H and O–H groups in total. The number of fused-ring (bicyclic) bond motifs is 1. The van der Waals surface area contributed by atoms with Crippen LogP contribution in [-0.4, -0.2) is 21.2 Å². The lowest BCUT2D eigenvalue weighted by molar-refractivity contribution is -0.118. The van der Waals surface area contributed by atoms with Gasteiger partial charge in [0.25, 0.3) is 0 Å². The van der Waals surface area contributed by atoms with Crippen molar-refractivity contribution in [1.82, 2.24) is 14.9 Å². The lowest BCUT2D eigenvalue weighted by atomic mass is 10.1. The fourth-order valence-electron chi connectivity index (χ4n) is 3.28. The molecule has 0 saturated carbocycles. The van der Waals surface area contributed by atoms with E-state index in [-0.39, 0.29) is 24.0 Å². The molecule has 1 heterocycles. The van der Waals surface area contributed by atoms with Crippen LogP contribution in [0.25, 0.3) is 11.0 Å². The van der Waals surface area contributed by atoms with E-state index in [0.29, 0.717) is 5.56 Å². The monoisotopic (exact) mass is 419 g/mol. The third-order valence-electron chi connectivity index (χ3n) is 4.85. The van der Waals surface area contributed by atoms with Gasteiger partial charge in [-0.1, -0.05) is 72.4 Å². The zero-order valence-corrected chi connectivity index (χ0v) is 17.2. The van der Waals surface area contributed by atoms with E-state index < -0.39 is 0 Å². The Morgan fingerprint density at radius 1 is 0.967 bits per heavy atom. The van der Waals surface area contributed by atoms with E-state index in [9.17, 15) is 9.18 Å². The molecule has 0 aliphatic rings. The van der Waals surface area contributed by atoms with Crippen LogP contribution >= 0.6 is 11.8 Å². The molecule has 152 valence electrons. The van der Waals surface area contributed by atoms with Crippen LogP contribution in [0.4, 0.5) is 4.39 Å². The highest BCUT2D eigenvalue weighted by molar-refractivity contribution is 7.99. The number of nitrogens with one attached hydrogen (secondary N) is 1. The van der Waals surface area contributed by atoms with Crippen molar-refractivity contribution in [3.05, 3.63) is 95.8 Å². The second-order valence-electron chi connectivity index (χ2n) is 6.93. The molecule has 4 aromatic rings. The van der Waals surface area contributed by atoms with Gasteiger partial charge in [0.05, 0.1) is 16.8 Å². The largest absolute Gasteiger partial charge is 0.351 e. The number of aryl methyl sites for hydroxylation is 2. The lowest BCUT2D eigenvalue weighted by Gasteiger charge is -2.10. The van der Waals surface area contributed by atoms with Crippen molar-refractivity contribution in [2.45, 2.75) is 24.7 Å². The molecule has 0 unspecified atom stereocenters. The van der Waals surface area contributed by atoms with Gasteiger partial charge in [0, 0.05) is 18.7 Å². The van der Waals surface area contributed by atoms with E-state index in [2.05, 4.69) is 28.1 Å². The van der Waals surface area contributed by atoms with E-state index in [1.807, 2.05) is 36.4 Å². The van der Waals surface area contributed by atoms with Gasteiger partial charge in [-0.15, -0.1) is 0 Å². The zero-order valence-electron chi connectivity index (χ0n) is 16.4. The molecule has 0 fully saturated rings. The summed E-state index contributed by atoms with van der Waals surface area (Å²) >= 11 is 1.40. The third kappa shape index (κ3) is 4.89. The van der Waals surface area contributed by atoms with Crippen molar-refractivity contribution < 1.29 is 9.18 Å². The fraction of sp³-hybridized carbons (Fsp3) is 0.167. The zero-order chi connectivity index (χ0) is 20.8. The summed E-state index contributed by atoms with van der Waals surface area (Å²) < 4.78 is 15.9. The highest BCUT2D eigenvalue weighted by Gasteiger charge is 2.13. The van der Waals surface area contributed by atoms with E-state index in [1.165, 1.54) is 23.4 Å². The fourth-order valence-corrected chi connectivity index (χ4v) is 4.15. The number of amides is 1. The first kappa shape index (κ1) is 20.2. The number of rotatable bonds is 8. The summed E-state index contributed by atoms with van der Waals surface area (Å²) in [7, 11) is 0. The molecule has 0 spiro atoms. The number of para-hydroxylation sites is 2. The Bertz CT molecular complexity index is 1140.